The van der Waals surface area contributed by atoms with Crippen LogP contribution in [0.2, 0.25) is 0 Å². The Morgan fingerprint density at radius 1 is 1.15 bits per heavy atom. The lowest BCUT2D eigenvalue weighted by atomic mass is 10.2. The fraction of sp³-hybridized carbons (Fsp3) is 0.133. The Hall–Kier alpha value is -1.88. The fourth-order valence-corrected chi connectivity index (χ4v) is 2.16. The maximum atomic E-state index is 12.9. The van der Waals surface area contributed by atoms with Crippen molar-refractivity contribution < 1.29 is 9.18 Å². The molecule has 2 aromatic rings. The lowest BCUT2D eigenvalue weighted by Crippen LogP contribution is -2.16. The first-order valence-electron chi connectivity index (χ1n) is 6.01. The molecule has 0 aliphatic rings. The Bertz CT molecular complexity index is 626. The van der Waals surface area contributed by atoms with E-state index in [1.54, 1.807) is 0 Å². The van der Waals surface area contributed by atoms with E-state index in [9.17, 15) is 9.18 Å². The van der Waals surface area contributed by atoms with Gasteiger partial charge in [-0.1, -0.05) is 15.9 Å². The Morgan fingerprint density at radius 2 is 1.80 bits per heavy atom. The Kier molecular flexibility index (Phi) is 4.39. The summed E-state index contributed by atoms with van der Waals surface area (Å²) < 4.78 is 13.7. The minimum atomic E-state index is -0.363. The molecule has 0 unspecified atom stereocenters. The zero-order chi connectivity index (χ0) is 14.7. The van der Waals surface area contributed by atoms with E-state index in [1.165, 1.54) is 24.3 Å². The quantitative estimate of drug-likeness (QED) is 0.921. The van der Waals surface area contributed by atoms with Crippen LogP contribution in [-0.2, 0) is 0 Å². The summed E-state index contributed by atoms with van der Waals surface area (Å²) in [5, 5.41) is 2.84. The van der Waals surface area contributed by atoms with Crippen LogP contribution in [0.3, 0.4) is 0 Å². The second kappa shape index (κ2) is 6.05. The highest BCUT2D eigenvalue weighted by Gasteiger charge is 2.11. The number of hydrogen-bond acceptors (Lipinski definition) is 2. The molecule has 0 fully saturated rings. The predicted octanol–water partition coefficient (Wildman–Crippen LogP) is 3.91. The van der Waals surface area contributed by atoms with Crippen molar-refractivity contribution in [1.29, 1.82) is 0 Å². The van der Waals surface area contributed by atoms with Crippen molar-refractivity contribution in [1.82, 2.24) is 0 Å². The molecule has 0 aliphatic carbocycles. The van der Waals surface area contributed by atoms with Crippen LogP contribution in [0, 0.1) is 5.82 Å². The van der Waals surface area contributed by atoms with E-state index in [1.807, 2.05) is 37.2 Å². The maximum Gasteiger partial charge on any atom is 0.255 e. The number of nitrogens with one attached hydrogen (secondary N) is 1. The molecule has 0 aliphatic heterocycles. The zero-order valence-electron chi connectivity index (χ0n) is 11.2. The number of carbonyl (C=O) groups excluding carboxylic acids is 1. The number of benzene rings is 2. The van der Waals surface area contributed by atoms with E-state index >= 15 is 0 Å². The average Bonchev–Trinajstić information content (AvgIpc) is 2.39. The summed E-state index contributed by atoms with van der Waals surface area (Å²) in [6.45, 7) is 0. The van der Waals surface area contributed by atoms with Crippen molar-refractivity contribution in [2.24, 2.45) is 0 Å². The molecule has 1 amide bonds. The van der Waals surface area contributed by atoms with Crippen LogP contribution in [0.1, 0.15) is 10.4 Å². The number of nitrogens with zero attached hydrogens (tertiary/aromatic N) is 1. The number of anilines is 2. The summed E-state index contributed by atoms with van der Waals surface area (Å²) in [5.74, 6) is -0.635. The summed E-state index contributed by atoms with van der Waals surface area (Å²) in [6, 6.07) is 11.1. The lowest BCUT2D eigenvalue weighted by molar-refractivity contribution is 0.102. The van der Waals surface area contributed by atoms with E-state index in [2.05, 4.69) is 21.2 Å². The van der Waals surface area contributed by atoms with Crippen molar-refractivity contribution in [3.8, 4) is 0 Å². The smallest absolute Gasteiger partial charge is 0.255 e. The first-order chi connectivity index (χ1) is 9.47. The molecule has 0 atom stereocenters. The zero-order valence-corrected chi connectivity index (χ0v) is 12.7. The number of carbonyl (C=O) groups is 1. The van der Waals surface area contributed by atoms with Crippen molar-refractivity contribution >= 4 is 33.2 Å². The van der Waals surface area contributed by atoms with Crippen molar-refractivity contribution in [3.05, 3.63) is 58.3 Å². The van der Waals surface area contributed by atoms with Crippen molar-refractivity contribution in [2.75, 3.05) is 24.3 Å². The highest BCUT2D eigenvalue weighted by atomic mass is 79.9. The van der Waals surface area contributed by atoms with Crippen LogP contribution in [0.4, 0.5) is 15.8 Å². The molecule has 0 spiro atoms. The van der Waals surface area contributed by atoms with Gasteiger partial charge in [-0.05, 0) is 42.5 Å². The lowest BCUT2D eigenvalue weighted by Gasteiger charge is -2.18. The van der Waals surface area contributed by atoms with Gasteiger partial charge in [0, 0.05) is 24.1 Å². The Labute approximate surface area is 125 Å². The van der Waals surface area contributed by atoms with Gasteiger partial charge in [-0.15, -0.1) is 0 Å². The number of halogens is 2. The van der Waals surface area contributed by atoms with Crippen molar-refractivity contribution in [3.63, 3.8) is 0 Å². The van der Waals surface area contributed by atoms with Crippen molar-refractivity contribution in [2.45, 2.75) is 0 Å². The van der Waals surface area contributed by atoms with Crippen LogP contribution in [0.15, 0.2) is 46.9 Å². The van der Waals surface area contributed by atoms with E-state index in [0.29, 0.717) is 11.3 Å². The second-order valence-corrected chi connectivity index (χ2v) is 5.43. The summed E-state index contributed by atoms with van der Waals surface area (Å²) in [7, 11) is 3.80. The topological polar surface area (TPSA) is 32.3 Å². The molecule has 0 aromatic heterocycles. The van der Waals surface area contributed by atoms with Gasteiger partial charge in [-0.3, -0.25) is 4.79 Å². The molecule has 0 saturated heterocycles. The van der Waals surface area contributed by atoms with Gasteiger partial charge in [0.15, 0.2) is 0 Å². The standard InChI is InChI=1S/C15H14BrFN2O/c1-19(2)14-8-5-11(16)9-13(14)18-15(20)10-3-6-12(17)7-4-10/h3-9H,1-2H3,(H,18,20). The molecule has 2 aromatic carbocycles. The van der Waals surface area contributed by atoms with Crippen LogP contribution in [-0.4, -0.2) is 20.0 Å². The van der Waals surface area contributed by atoms with Gasteiger partial charge >= 0.3 is 0 Å². The Morgan fingerprint density at radius 3 is 2.40 bits per heavy atom. The van der Waals surface area contributed by atoms with E-state index in [0.717, 1.165) is 10.2 Å². The monoisotopic (exact) mass is 336 g/mol. The molecule has 2 rings (SSSR count). The normalized spacial score (nSPS) is 10.2. The molecule has 20 heavy (non-hydrogen) atoms. The Balaban J connectivity index is 2.27. The highest BCUT2D eigenvalue weighted by Crippen LogP contribution is 2.28. The maximum absolute atomic E-state index is 12.9. The molecule has 0 heterocycles. The van der Waals surface area contributed by atoms with Crippen LogP contribution in [0.5, 0.6) is 0 Å². The third-order valence-electron chi connectivity index (χ3n) is 2.80. The van der Waals surface area contributed by atoms with E-state index in [-0.39, 0.29) is 11.7 Å². The fourth-order valence-electron chi connectivity index (χ4n) is 1.79. The number of amides is 1. The number of hydrogen-bond donors (Lipinski definition) is 1. The molecule has 0 radical (unpaired) electrons. The van der Waals surface area contributed by atoms with Crippen LogP contribution < -0.4 is 10.2 Å². The minimum Gasteiger partial charge on any atom is -0.376 e. The SMILES string of the molecule is CN(C)c1ccc(Br)cc1NC(=O)c1ccc(F)cc1. The first-order valence-corrected chi connectivity index (χ1v) is 6.80. The van der Waals surface area contributed by atoms with Gasteiger partial charge in [-0.2, -0.15) is 0 Å². The summed E-state index contributed by atoms with van der Waals surface area (Å²) in [4.78, 5) is 14.1. The molecule has 1 N–H and O–H groups in total. The second-order valence-electron chi connectivity index (χ2n) is 4.52. The van der Waals surface area contributed by atoms with Gasteiger partial charge in [-0.25, -0.2) is 4.39 Å². The van der Waals surface area contributed by atoms with Gasteiger partial charge in [0.2, 0.25) is 0 Å². The molecular formula is C15H14BrFN2O. The third-order valence-corrected chi connectivity index (χ3v) is 3.29. The van der Waals surface area contributed by atoms with E-state index < -0.39 is 0 Å². The summed E-state index contributed by atoms with van der Waals surface area (Å²) in [6.07, 6.45) is 0. The molecule has 5 heteroatoms. The largest absolute Gasteiger partial charge is 0.376 e. The number of rotatable bonds is 3. The highest BCUT2D eigenvalue weighted by molar-refractivity contribution is 9.10. The molecule has 104 valence electrons. The summed E-state index contributed by atoms with van der Waals surface area (Å²) >= 11 is 3.38. The van der Waals surface area contributed by atoms with Gasteiger partial charge in [0.05, 0.1) is 11.4 Å². The van der Waals surface area contributed by atoms with Gasteiger partial charge in [0.25, 0.3) is 5.91 Å². The molecular weight excluding hydrogens is 323 g/mol. The molecule has 3 nitrogen and oxygen atoms in total. The summed E-state index contributed by atoms with van der Waals surface area (Å²) in [5.41, 5.74) is 2.00. The first kappa shape index (κ1) is 14.5. The van der Waals surface area contributed by atoms with E-state index in [4.69, 9.17) is 0 Å². The minimum absolute atomic E-state index is 0.272. The van der Waals surface area contributed by atoms with Crippen LogP contribution >= 0.6 is 15.9 Å². The van der Waals surface area contributed by atoms with Gasteiger partial charge < -0.3 is 10.2 Å². The van der Waals surface area contributed by atoms with Gasteiger partial charge in [0.1, 0.15) is 5.82 Å². The average molecular weight is 337 g/mol. The predicted molar refractivity (Wildman–Crippen MR) is 82.8 cm³/mol. The molecule has 0 bridgehead atoms. The molecule has 0 saturated carbocycles. The third kappa shape index (κ3) is 3.36. The van der Waals surface area contributed by atoms with Crippen LogP contribution in [0.25, 0.3) is 0 Å².